The van der Waals surface area contributed by atoms with Gasteiger partial charge in [0.15, 0.2) is 5.82 Å². The molecule has 0 aliphatic carbocycles. The van der Waals surface area contributed by atoms with E-state index in [1.807, 2.05) is 18.2 Å². The van der Waals surface area contributed by atoms with E-state index in [0.717, 1.165) is 29.6 Å². The fourth-order valence-electron chi connectivity index (χ4n) is 3.15. The van der Waals surface area contributed by atoms with Crippen molar-refractivity contribution in [2.75, 3.05) is 18.9 Å². The summed E-state index contributed by atoms with van der Waals surface area (Å²) in [6.45, 7) is 3.73. The van der Waals surface area contributed by atoms with Crippen LogP contribution in [-0.2, 0) is 6.54 Å². The number of nitrogens with zero attached hydrogens (tertiary/aromatic N) is 3. The van der Waals surface area contributed by atoms with Crippen LogP contribution < -0.4 is 15.8 Å². The monoisotopic (exact) mass is 337 g/mol. The lowest BCUT2D eigenvalue weighted by molar-refractivity contribution is 0.0957. The molecule has 2 aromatic heterocycles. The van der Waals surface area contributed by atoms with Gasteiger partial charge in [0.2, 0.25) is 5.88 Å². The van der Waals surface area contributed by atoms with E-state index >= 15 is 0 Å². The van der Waals surface area contributed by atoms with Crippen LogP contribution in [0.1, 0.15) is 23.7 Å². The summed E-state index contributed by atoms with van der Waals surface area (Å²) >= 11 is 0. The summed E-state index contributed by atoms with van der Waals surface area (Å²) in [4.78, 5) is 21.0. The number of nitrogens with one attached hydrogen (secondary N) is 1. The molecule has 7 heteroatoms. The number of fused-ring (bicyclic) bond motifs is 2. The van der Waals surface area contributed by atoms with Crippen molar-refractivity contribution in [2.24, 2.45) is 0 Å². The third kappa shape index (κ3) is 2.57. The van der Waals surface area contributed by atoms with Crippen LogP contribution in [0.2, 0.25) is 0 Å². The molecule has 1 aromatic carbocycles. The van der Waals surface area contributed by atoms with Gasteiger partial charge in [-0.2, -0.15) is 4.98 Å². The Morgan fingerprint density at radius 2 is 2.16 bits per heavy atom. The Morgan fingerprint density at radius 1 is 1.32 bits per heavy atom. The zero-order valence-electron chi connectivity index (χ0n) is 14.0. The van der Waals surface area contributed by atoms with Gasteiger partial charge in [0.25, 0.3) is 5.91 Å². The molecule has 0 saturated carbocycles. The molecule has 1 amide bonds. The van der Waals surface area contributed by atoms with Crippen molar-refractivity contribution in [1.82, 2.24) is 19.9 Å². The van der Waals surface area contributed by atoms with Crippen LogP contribution in [0.3, 0.4) is 0 Å². The summed E-state index contributed by atoms with van der Waals surface area (Å²) in [5, 5.41) is 3.84. The van der Waals surface area contributed by atoms with E-state index < -0.39 is 0 Å². The highest BCUT2D eigenvalue weighted by Crippen LogP contribution is 2.30. The van der Waals surface area contributed by atoms with Gasteiger partial charge in [-0.15, -0.1) is 0 Å². The fourth-order valence-corrected chi connectivity index (χ4v) is 3.15. The molecule has 4 rings (SSSR count). The van der Waals surface area contributed by atoms with Crippen LogP contribution in [0.4, 0.5) is 5.82 Å². The first-order chi connectivity index (χ1) is 12.2. The van der Waals surface area contributed by atoms with E-state index in [-0.39, 0.29) is 23.2 Å². The third-order valence-corrected chi connectivity index (χ3v) is 4.24. The van der Waals surface area contributed by atoms with Gasteiger partial charge in [0, 0.05) is 17.4 Å². The molecule has 0 fully saturated rings. The summed E-state index contributed by atoms with van der Waals surface area (Å²) in [5.74, 6) is 0.541. The molecule has 0 radical (unpaired) electrons. The molecule has 1 aliphatic heterocycles. The molecule has 128 valence electrons. The number of aromatic nitrogens is 3. The van der Waals surface area contributed by atoms with Crippen molar-refractivity contribution in [3.05, 3.63) is 35.9 Å². The highest BCUT2D eigenvalue weighted by atomic mass is 16.5. The summed E-state index contributed by atoms with van der Waals surface area (Å²) in [7, 11) is 0. The first kappa shape index (κ1) is 15.4. The number of aryl methyl sites for hydroxylation is 1. The van der Waals surface area contributed by atoms with Crippen molar-refractivity contribution < 1.29 is 9.53 Å². The second kappa shape index (κ2) is 6.08. The summed E-state index contributed by atoms with van der Waals surface area (Å²) in [5.41, 5.74) is 8.25. The standard InChI is InChI=1S/C18H19N5O2/c1-2-8-23-12-6-4-3-5-11(12)10-13(23)16-21-15(19)14-17(24)20-7-9-25-18(14)22-16/h3-6,10H,2,7-9H2,1H3,(H,20,24)(H2,19,21,22). The normalized spacial score (nSPS) is 13.9. The lowest BCUT2D eigenvalue weighted by atomic mass is 10.2. The van der Waals surface area contributed by atoms with Gasteiger partial charge in [-0.05, 0) is 18.6 Å². The summed E-state index contributed by atoms with van der Waals surface area (Å²) < 4.78 is 7.79. The van der Waals surface area contributed by atoms with Gasteiger partial charge in [-0.25, -0.2) is 4.98 Å². The van der Waals surface area contributed by atoms with Crippen LogP contribution in [0.15, 0.2) is 30.3 Å². The Balaban J connectivity index is 1.92. The molecule has 3 N–H and O–H groups in total. The average Bonchev–Trinajstić information content (AvgIpc) is 2.86. The minimum atomic E-state index is -0.300. The Labute approximate surface area is 144 Å². The molecule has 0 saturated heterocycles. The predicted molar refractivity (Wildman–Crippen MR) is 95.5 cm³/mol. The molecule has 0 spiro atoms. The van der Waals surface area contributed by atoms with Crippen molar-refractivity contribution in [1.29, 1.82) is 0 Å². The van der Waals surface area contributed by atoms with E-state index in [9.17, 15) is 4.79 Å². The second-order valence-corrected chi connectivity index (χ2v) is 5.96. The molecule has 0 unspecified atom stereocenters. The van der Waals surface area contributed by atoms with Crippen molar-refractivity contribution in [2.45, 2.75) is 19.9 Å². The van der Waals surface area contributed by atoms with E-state index in [1.54, 1.807) is 0 Å². The maximum atomic E-state index is 12.1. The third-order valence-electron chi connectivity index (χ3n) is 4.24. The topological polar surface area (TPSA) is 95.1 Å². The maximum absolute atomic E-state index is 12.1. The minimum Gasteiger partial charge on any atom is -0.475 e. The highest BCUT2D eigenvalue weighted by Gasteiger charge is 2.24. The molecule has 3 aromatic rings. The zero-order chi connectivity index (χ0) is 17.4. The number of benzene rings is 1. The summed E-state index contributed by atoms with van der Waals surface area (Å²) in [6, 6.07) is 10.2. The van der Waals surface area contributed by atoms with E-state index in [4.69, 9.17) is 10.5 Å². The van der Waals surface area contributed by atoms with E-state index in [1.165, 1.54) is 0 Å². The van der Waals surface area contributed by atoms with Gasteiger partial charge in [-0.1, -0.05) is 25.1 Å². The number of anilines is 1. The minimum absolute atomic E-state index is 0.132. The first-order valence-corrected chi connectivity index (χ1v) is 8.36. The van der Waals surface area contributed by atoms with Gasteiger partial charge in [-0.3, -0.25) is 4.79 Å². The zero-order valence-corrected chi connectivity index (χ0v) is 14.0. The fraction of sp³-hybridized carbons (Fsp3) is 0.278. The Morgan fingerprint density at radius 3 is 3.00 bits per heavy atom. The van der Waals surface area contributed by atoms with Crippen molar-refractivity contribution in [3.63, 3.8) is 0 Å². The largest absolute Gasteiger partial charge is 0.475 e. The van der Waals surface area contributed by atoms with Crippen LogP contribution in [0.25, 0.3) is 22.4 Å². The highest BCUT2D eigenvalue weighted by molar-refractivity contribution is 6.01. The molecule has 1 aliphatic rings. The number of nitrogen functional groups attached to an aromatic ring is 1. The first-order valence-electron chi connectivity index (χ1n) is 8.36. The van der Waals surface area contributed by atoms with Crippen LogP contribution in [0, 0.1) is 0 Å². The van der Waals surface area contributed by atoms with Crippen molar-refractivity contribution >= 4 is 22.6 Å². The summed E-state index contributed by atoms with van der Waals surface area (Å²) in [6.07, 6.45) is 0.977. The molecule has 0 bridgehead atoms. The average molecular weight is 337 g/mol. The number of amides is 1. The van der Waals surface area contributed by atoms with Crippen LogP contribution in [-0.4, -0.2) is 33.6 Å². The number of hydrogen-bond donors (Lipinski definition) is 2. The molecule has 25 heavy (non-hydrogen) atoms. The van der Waals surface area contributed by atoms with Crippen molar-refractivity contribution in [3.8, 4) is 17.4 Å². The smallest absolute Gasteiger partial charge is 0.260 e. The second-order valence-electron chi connectivity index (χ2n) is 5.96. The number of carbonyl (C=O) groups excluding carboxylic acids is 1. The molecular weight excluding hydrogens is 318 g/mol. The Hall–Kier alpha value is -3.09. The van der Waals surface area contributed by atoms with Gasteiger partial charge in [0.05, 0.1) is 12.2 Å². The molecule has 7 nitrogen and oxygen atoms in total. The lowest BCUT2D eigenvalue weighted by Crippen LogP contribution is -2.25. The number of nitrogens with two attached hydrogens (primary N) is 1. The van der Waals surface area contributed by atoms with E-state index in [0.29, 0.717) is 19.0 Å². The number of hydrogen-bond acceptors (Lipinski definition) is 5. The lowest BCUT2D eigenvalue weighted by Gasteiger charge is -2.12. The van der Waals surface area contributed by atoms with E-state index in [2.05, 4.69) is 38.9 Å². The Kier molecular flexibility index (Phi) is 3.76. The number of para-hydroxylation sites is 1. The van der Waals surface area contributed by atoms with Crippen LogP contribution in [0.5, 0.6) is 5.88 Å². The maximum Gasteiger partial charge on any atom is 0.260 e. The molecular formula is C18H19N5O2. The predicted octanol–water partition coefficient (Wildman–Crippen LogP) is 2.21. The number of carbonyl (C=O) groups is 1. The molecule has 3 heterocycles. The van der Waals surface area contributed by atoms with Gasteiger partial charge in [0.1, 0.15) is 18.0 Å². The number of rotatable bonds is 3. The number of ether oxygens (including phenoxy) is 1. The quantitative estimate of drug-likeness (QED) is 0.764. The molecule has 0 atom stereocenters. The van der Waals surface area contributed by atoms with Gasteiger partial charge >= 0.3 is 0 Å². The Bertz CT molecular complexity index is 963. The SMILES string of the molecule is CCCn1c(-c2nc(N)c3c(n2)OCCNC3=O)cc2ccccc21. The van der Waals surface area contributed by atoms with Crippen LogP contribution >= 0.6 is 0 Å². The van der Waals surface area contributed by atoms with Gasteiger partial charge < -0.3 is 20.4 Å².